The summed E-state index contributed by atoms with van der Waals surface area (Å²) in [6.07, 6.45) is 3.27. The summed E-state index contributed by atoms with van der Waals surface area (Å²) in [4.78, 5) is 21.2. The minimum absolute atomic E-state index is 0.0473. The van der Waals surface area contributed by atoms with Gasteiger partial charge in [-0.25, -0.2) is 9.78 Å². The fourth-order valence-electron chi connectivity index (χ4n) is 3.23. The number of rotatable bonds is 6. The molecule has 3 aromatic heterocycles. The van der Waals surface area contributed by atoms with Gasteiger partial charge in [-0.05, 0) is 25.1 Å². The second kappa shape index (κ2) is 9.23. The minimum atomic E-state index is -1.09. The molecule has 0 spiro atoms. The zero-order valence-electron chi connectivity index (χ0n) is 17.3. The monoisotopic (exact) mass is 504 g/mol. The highest BCUT2D eigenvalue weighted by molar-refractivity contribution is 8.01. The van der Waals surface area contributed by atoms with Gasteiger partial charge < -0.3 is 5.11 Å². The Kier molecular flexibility index (Phi) is 6.57. The maximum atomic E-state index is 12.3. The fraction of sp³-hybridized carbons (Fsp3) is 0.182. The van der Waals surface area contributed by atoms with Crippen LogP contribution < -0.4 is 0 Å². The Morgan fingerprint density at radius 2 is 1.97 bits per heavy atom. The first-order valence-corrected chi connectivity index (χ1v) is 12.1. The number of nitrogens with zero attached hydrogens (tertiary/aromatic N) is 4. The second-order valence-corrected chi connectivity index (χ2v) is 10.8. The molecule has 0 radical (unpaired) electrons. The van der Waals surface area contributed by atoms with E-state index in [4.69, 9.17) is 28.2 Å². The van der Waals surface area contributed by atoms with E-state index in [0.29, 0.717) is 37.2 Å². The Hall–Kier alpha value is -2.39. The number of aromatic carboxylic acids is 1. The molecule has 6 nitrogen and oxygen atoms in total. The number of hydrogen-bond donors (Lipinski definition) is 1. The predicted molar refractivity (Wildman–Crippen MR) is 131 cm³/mol. The van der Waals surface area contributed by atoms with Crippen molar-refractivity contribution in [3.05, 3.63) is 64.2 Å². The lowest BCUT2D eigenvalue weighted by molar-refractivity contribution is 0.0688. The van der Waals surface area contributed by atoms with E-state index in [1.807, 2.05) is 12.1 Å². The number of carboxylic acids is 1. The minimum Gasteiger partial charge on any atom is -0.476 e. The second-order valence-electron chi connectivity index (χ2n) is 7.20. The van der Waals surface area contributed by atoms with Crippen LogP contribution in [-0.2, 0) is 0 Å². The van der Waals surface area contributed by atoms with E-state index in [2.05, 4.69) is 23.9 Å². The molecule has 164 valence electrons. The smallest absolute Gasteiger partial charge is 0.355 e. The van der Waals surface area contributed by atoms with Crippen molar-refractivity contribution in [2.45, 2.75) is 30.2 Å². The van der Waals surface area contributed by atoms with Crippen LogP contribution in [0.1, 0.15) is 30.0 Å². The summed E-state index contributed by atoms with van der Waals surface area (Å²) in [6.45, 7) is 5.95. The van der Waals surface area contributed by atoms with Crippen molar-refractivity contribution in [1.29, 1.82) is 0 Å². The molecular formula is C22H18Cl2N4O2S2. The first-order valence-electron chi connectivity index (χ1n) is 9.62. The van der Waals surface area contributed by atoms with Crippen molar-refractivity contribution in [2.75, 3.05) is 0 Å². The van der Waals surface area contributed by atoms with Gasteiger partial charge >= 0.3 is 5.97 Å². The summed E-state index contributed by atoms with van der Waals surface area (Å²) >= 11 is 15.4. The number of aromatic nitrogens is 4. The number of carbonyl (C=O) groups is 1. The number of hydrogen-bond acceptors (Lipinski definition) is 6. The topological polar surface area (TPSA) is 80.9 Å². The highest BCUT2D eigenvalue weighted by Crippen LogP contribution is 2.41. The Morgan fingerprint density at radius 1 is 1.19 bits per heavy atom. The van der Waals surface area contributed by atoms with Crippen LogP contribution in [0, 0.1) is 6.92 Å². The molecular weight excluding hydrogens is 487 g/mol. The van der Waals surface area contributed by atoms with Crippen LogP contribution in [0.25, 0.3) is 27.5 Å². The lowest BCUT2D eigenvalue weighted by Gasteiger charge is -2.05. The highest BCUT2D eigenvalue weighted by Gasteiger charge is 2.26. The van der Waals surface area contributed by atoms with Gasteiger partial charge in [0.25, 0.3) is 0 Å². The van der Waals surface area contributed by atoms with E-state index in [-0.39, 0.29) is 5.69 Å². The van der Waals surface area contributed by atoms with Crippen LogP contribution >= 0.6 is 46.3 Å². The third-order valence-corrected chi connectivity index (χ3v) is 7.50. The molecule has 0 fully saturated rings. The van der Waals surface area contributed by atoms with Gasteiger partial charge in [0.1, 0.15) is 0 Å². The maximum absolute atomic E-state index is 12.3. The average Bonchev–Trinajstić information content (AvgIpc) is 3.31. The number of pyridine rings is 1. The molecule has 0 bridgehead atoms. The molecule has 0 amide bonds. The lowest BCUT2D eigenvalue weighted by atomic mass is 10.1. The van der Waals surface area contributed by atoms with Gasteiger partial charge in [-0.2, -0.15) is 9.78 Å². The zero-order valence-corrected chi connectivity index (χ0v) is 20.5. The Balaban J connectivity index is 1.92. The largest absolute Gasteiger partial charge is 0.476 e. The molecule has 0 saturated carbocycles. The van der Waals surface area contributed by atoms with Crippen LogP contribution in [0.4, 0.5) is 0 Å². The van der Waals surface area contributed by atoms with Gasteiger partial charge in [0.2, 0.25) is 5.13 Å². The van der Waals surface area contributed by atoms with Crippen LogP contribution in [-0.4, -0.2) is 36.1 Å². The Bertz CT molecular complexity index is 1300. The molecule has 0 unspecified atom stereocenters. The summed E-state index contributed by atoms with van der Waals surface area (Å²) in [5.41, 5.74) is 3.36. The molecule has 1 aromatic carbocycles. The van der Waals surface area contributed by atoms with Crippen LogP contribution in [0.15, 0.2) is 46.9 Å². The van der Waals surface area contributed by atoms with E-state index < -0.39 is 5.97 Å². The van der Waals surface area contributed by atoms with Crippen molar-refractivity contribution in [3.63, 3.8) is 0 Å². The SMILES string of the molecule is Cc1nn(-c2nc(-c3ccc(Cl)c(Cl)c3)c(SC(C)C)s2)c(C(=O)O)c1-c1cccnc1. The Morgan fingerprint density at radius 3 is 2.59 bits per heavy atom. The fourth-order valence-corrected chi connectivity index (χ4v) is 6.00. The third-order valence-electron chi connectivity index (χ3n) is 4.51. The number of aryl methyl sites for hydroxylation is 1. The number of thiazole rings is 1. The zero-order chi connectivity index (χ0) is 23.0. The number of carboxylic acid groups (broad SMARTS) is 1. The molecule has 10 heteroatoms. The quantitative estimate of drug-likeness (QED) is 0.288. The van der Waals surface area contributed by atoms with E-state index in [1.54, 1.807) is 49.3 Å². The van der Waals surface area contributed by atoms with E-state index in [0.717, 1.165) is 15.5 Å². The highest BCUT2D eigenvalue weighted by atomic mass is 35.5. The molecule has 4 rings (SSSR count). The molecule has 0 atom stereocenters. The number of halogens is 2. The Labute approximate surface area is 203 Å². The van der Waals surface area contributed by atoms with Crippen molar-refractivity contribution in [2.24, 2.45) is 0 Å². The van der Waals surface area contributed by atoms with E-state index in [1.165, 1.54) is 16.0 Å². The van der Waals surface area contributed by atoms with Crippen molar-refractivity contribution >= 4 is 52.3 Å². The molecule has 0 aliphatic rings. The van der Waals surface area contributed by atoms with Crippen LogP contribution in [0.3, 0.4) is 0 Å². The molecule has 0 aliphatic carbocycles. The summed E-state index contributed by atoms with van der Waals surface area (Å²) in [6, 6.07) is 8.92. The first kappa shape index (κ1) is 22.8. The average molecular weight is 505 g/mol. The molecule has 32 heavy (non-hydrogen) atoms. The predicted octanol–water partition coefficient (Wildman–Crippen LogP) is 6.87. The first-order chi connectivity index (χ1) is 15.3. The maximum Gasteiger partial charge on any atom is 0.355 e. The summed E-state index contributed by atoms with van der Waals surface area (Å²) < 4.78 is 2.34. The number of benzene rings is 1. The molecule has 0 aliphatic heterocycles. The van der Waals surface area contributed by atoms with Gasteiger partial charge in [0, 0.05) is 34.3 Å². The van der Waals surface area contributed by atoms with Gasteiger partial charge in [-0.3, -0.25) is 4.98 Å². The third kappa shape index (κ3) is 4.41. The standard InChI is InChI=1S/C22H18Cl2N4O2S2/c1-11(2)31-21-18(13-6-7-15(23)16(24)9-13)26-22(32-21)28-19(20(29)30)17(12(3)27-28)14-5-4-8-25-10-14/h4-11H,1-3H3,(H,29,30). The van der Waals surface area contributed by atoms with E-state index >= 15 is 0 Å². The molecule has 4 aromatic rings. The normalized spacial score (nSPS) is 11.3. The van der Waals surface area contributed by atoms with Crippen LogP contribution in [0.2, 0.25) is 10.0 Å². The van der Waals surface area contributed by atoms with E-state index in [9.17, 15) is 9.90 Å². The summed E-state index contributed by atoms with van der Waals surface area (Å²) in [5.74, 6) is -1.09. The lowest BCUT2D eigenvalue weighted by Crippen LogP contribution is -2.09. The van der Waals surface area contributed by atoms with Gasteiger partial charge in [0.05, 0.1) is 25.6 Å². The summed E-state index contributed by atoms with van der Waals surface area (Å²) in [7, 11) is 0. The number of thioether (sulfide) groups is 1. The van der Waals surface area contributed by atoms with Crippen molar-refractivity contribution in [3.8, 4) is 27.5 Å². The van der Waals surface area contributed by atoms with Gasteiger partial charge in [-0.1, -0.05) is 60.5 Å². The van der Waals surface area contributed by atoms with Gasteiger partial charge in [-0.15, -0.1) is 11.8 Å². The van der Waals surface area contributed by atoms with Gasteiger partial charge in [0.15, 0.2) is 5.69 Å². The molecule has 3 heterocycles. The molecule has 1 N–H and O–H groups in total. The van der Waals surface area contributed by atoms with Crippen LogP contribution in [0.5, 0.6) is 0 Å². The van der Waals surface area contributed by atoms with Crippen molar-refractivity contribution in [1.82, 2.24) is 19.7 Å². The summed E-state index contributed by atoms with van der Waals surface area (Å²) in [5, 5.41) is 16.2. The molecule has 0 saturated heterocycles. The van der Waals surface area contributed by atoms with Crippen molar-refractivity contribution < 1.29 is 9.90 Å².